The number of carbonyl (C=O) groups excluding carboxylic acids is 1. The summed E-state index contributed by atoms with van der Waals surface area (Å²) >= 11 is 3.49. The molecule has 1 N–H and O–H groups in total. The van der Waals surface area contributed by atoms with Gasteiger partial charge < -0.3 is 14.8 Å². The van der Waals surface area contributed by atoms with Crippen LogP contribution < -0.4 is 14.8 Å². The number of benzene rings is 3. The molecule has 8 heteroatoms. The van der Waals surface area contributed by atoms with Gasteiger partial charge in [-0.05, 0) is 63.8 Å². The van der Waals surface area contributed by atoms with Crippen molar-refractivity contribution in [2.45, 2.75) is 13.5 Å². The van der Waals surface area contributed by atoms with E-state index in [0.717, 1.165) is 11.1 Å². The molecule has 0 aliphatic heterocycles. The summed E-state index contributed by atoms with van der Waals surface area (Å²) in [5.41, 5.74) is 2.42. The van der Waals surface area contributed by atoms with Gasteiger partial charge in [0.2, 0.25) is 5.91 Å². The number of amides is 1. The van der Waals surface area contributed by atoms with E-state index in [1.165, 1.54) is 25.3 Å². The van der Waals surface area contributed by atoms with Crippen molar-refractivity contribution in [1.29, 1.82) is 0 Å². The lowest BCUT2D eigenvalue weighted by molar-refractivity contribution is -0.384. The zero-order valence-corrected chi connectivity index (χ0v) is 19.1. The highest BCUT2D eigenvalue weighted by molar-refractivity contribution is 9.10. The van der Waals surface area contributed by atoms with Crippen LogP contribution in [0.3, 0.4) is 0 Å². The third-order valence-corrected chi connectivity index (χ3v) is 5.10. The summed E-state index contributed by atoms with van der Waals surface area (Å²) < 4.78 is 12.0. The first kappa shape index (κ1) is 23.0. The monoisotopic (exact) mass is 496 g/mol. The minimum atomic E-state index is -0.525. The zero-order chi connectivity index (χ0) is 23.1. The van der Waals surface area contributed by atoms with Crippen LogP contribution in [-0.4, -0.2) is 17.9 Å². The van der Waals surface area contributed by atoms with E-state index >= 15 is 0 Å². The van der Waals surface area contributed by atoms with Crippen LogP contribution in [0.2, 0.25) is 0 Å². The number of nitrogens with one attached hydrogen (secondary N) is 1. The average Bonchev–Trinajstić information content (AvgIpc) is 2.78. The number of rotatable bonds is 8. The maximum Gasteiger partial charge on any atom is 0.293 e. The smallest absolute Gasteiger partial charge is 0.293 e. The topological polar surface area (TPSA) is 90.7 Å². The number of nitro groups is 1. The molecule has 0 aromatic heterocycles. The molecule has 0 aliphatic carbocycles. The van der Waals surface area contributed by atoms with E-state index in [0.29, 0.717) is 28.1 Å². The SMILES string of the molecule is COc1cc(C=CC(=O)Nc2ccc(C)cc2[N+](=O)[O-])cc(Br)c1OCc1ccccc1. The Morgan fingerprint density at radius 3 is 2.59 bits per heavy atom. The Morgan fingerprint density at radius 1 is 1.16 bits per heavy atom. The molecule has 0 radical (unpaired) electrons. The van der Waals surface area contributed by atoms with Crippen molar-refractivity contribution in [2.24, 2.45) is 0 Å². The summed E-state index contributed by atoms with van der Waals surface area (Å²) in [6, 6.07) is 17.9. The molecule has 0 saturated heterocycles. The number of hydrogen-bond donors (Lipinski definition) is 1. The van der Waals surface area contributed by atoms with Gasteiger partial charge in [-0.15, -0.1) is 0 Å². The molecule has 3 aromatic carbocycles. The lowest BCUT2D eigenvalue weighted by Crippen LogP contribution is -2.09. The zero-order valence-electron chi connectivity index (χ0n) is 17.5. The predicted octanol–water partition coefficient (Wildman–Crippen LogP) is 5.91. The third kappa shape index (κ3) is 5.95. The van der Waals surface area contributed by atoms with E-state index in [1.807, 2.05) is 30.3 Å². The number of hydrogen-bond acceptors (Lipinski definition) is 5. The van der Waals surface area contributed by atoms with Crippen molar-refractivity contribution >= 4 is 39.3 Å². The molecule has 0 aliphatic rings. The fourth-order valence-corrected chi connectivity index (χ4v) is 3.52. The second-order valence-electron chi connectivity index (χ2n) is 6.91. The van der Waals surface area contributed by atoms with Crippen molar-refractivity contribution < 1.29 is 19.2 Å². The molecule has 0 spiro atoms. The van der Waals surface area contributed by atoms with Gasteiger partial charge in [0.25, 0.3) is 5.69 Å². The fourth-order valence-electron chi connectivity index (χ4n) is 2.95. The third-order valence-electron chi connectivity index (χ3n) is 4.51. The minimum absolute atomic E-state index is 0.138. The minimum Gasteiger partial charge on any atom is -0.493 e. The van der Waals surface area contributed by atoms with E-state index < -0.39 is 10.8 Å². The van der Waals surface area contributed by atoms with Crippen LogP contribution in [0.15, 0.2) is 71.2 Å². The number of anilines is 1. The van der Waals surface area contributed by atoms with Crippen molar-refractivity contribution in [3.05, 3.63) is 98.0 Å². The quantitative estimate of drug-likeness (QED) is 0.238. The summed E-state index contributed by atoms with van der Waals surface area (Å²) in [6.45, 7) is 2.12. The molecule has 0 saturated carbocycles. The molecular weight excluding hydrogens is 476 g/mol. The number of aryl methyl sites for hydroxylation is 1. The van der Waals surface area contributed by atoms with Gasteiger partial charge in [-0.1, -0.05) is 36.4 Å². The van der Waals surface area contributed by atoms with Gasteiger partial charge in [-0.3, -0.25) is 14.9 Å². The summed E-state index contributed by atoms with van der Waals surface area (Å²) in [6.07, 6.45) is 2.89. The van der Waals surface area contributed by atoms with E-state index in [-0.39, 0.29) is 11.4 Å². The number of nitrogens with zero attached hydrogens (tertiary/aromatic N) is 1. The first-order valence-electron chi connectivity index (χ1n) is 9.65. The Bertz CT molecular complexity index is 1160. The second-order valence-corrected chi connectivity index (χ2v) is 7.76. The molecule has 0 unspecified atom stereocenters. The molecular formula is C24H21BrN2O5. The fraction of sp³-hybridized carbons (Fsp3) is 0.125. The van der Waals surface area contributed by atoms with Gasteiger partial charge in [-0.2, -0.15) is 0 Å². The van der Waals surface area contributed by atoms with E-state index in [2.05, 4.69) is 21.2 Å². The summed E-state index contributed by atoms with van der Waals surface area (Å²) in [5.74, 6) is 0.564. The molecule has 0 bridgehead atoms. The van der Waals surface area contributed by atoms with Crippen LogP contribution in [0, 0.1) is 17.0 Å². The molecule has 7 nitrogen and oxygen atoms in total. The van der Waals surface area contributed by atoms with Gasteiger partial charge in [-0.25, -0.2) is 0 Å². The van der Waals surface area contributed by atoms with Crippen LogP contribution in [0.1, 0.15) is 16.7 Å². The largest absolute Gasteiger partial charge is 0.493 e. The van der Waals surface area contributed by atoms with Crippen LogP contribution >= 0.6 is 15.9 Å². The number of halogens is 1. The standard InChI is InChI=1S/C24H21BrN2O5/c1-16-8-10-20(21(12-16)27(29)30)26-23(28)11-9-18-13-19(25)24(22(14-18)31-2)32-15-17-6-4-3-5-7-17/h3-14H,15H2,1-2H3,(H,26,28). The lowest BCUT2D eigenvalue weighted by atomic mass is 10.1. The van der Waals surface area contributed by atoms with Crippen molar-refractivity contribution in [3.8, 4) is 11.5 Å². The Labute approximate surface area is 194 Å². The van der Waals surface area contributed by atoms with Gasteiger partial charge in [0.1, 0.15) is 12.3 Å². The molecule has 0 atom stereocenters. The first-order chi connectivity index (χ1) is 15.4. The predicted molar refractivity (Wildman–Crippen MR) is 127 cm³/mol. The van der Waals surface area contributed by atoms with Gasteiger partial charge in [0.15, 0.2) is 11.5 Å². The highest BCUT2D eigenvalue weighted by Crippen LogP contribution is 2.37. The van der Waals surface area contributed by atoms with Crippen LogP contribution in [0.5, 0.6) is 11.5 Å². The Hall–Kier alpha value is -3.65. The van der Waals surface area contributed by atoms with Crippen LogP contribution in [0.25, 0.3) is 6.08 Å². The van der Waals surface area contributed by atoms with E-state index in [4.69, 9.17) is 9.47 Å². The first-order valence-corrected chi connectivity index (χ1v) is 10.4. The normalized spacial score (nSPS) is 10.7. The summed E-state index contributed by atoms with van der Waals surface area (Å²) in [5, 5.41) is 13.8. The maximum atomic E-state index is 12.3. The molecule has 32 heavy (non-hydrogen) atoms. The summed E-state index contributed by atoms with van der Waals surface area (Å²) in [7, 11) is 1.54. The van der Waals surface area contributed by atoms with Crippen molar-refractivity contribution in [2.75, 3.05) is 12.4 Å². The molecule has 0 fully saturated rings. The molecule has 3 aromatic rings. The number of nitro benzene ring substituents is 1. The molecule has 3 rings (SSSR count). The average molecular weight is 497 g/mol. The second kappa shape index (κ2) is 10.6. The highest BCUT2D eigenvalue weighted by atomic mass is 79.9. The number of carbonyl (C=O) groups is 1. The van der Waals surface area contributed by atoms with E-state index in [9.17, 15) is 14.9 Å². The lowest BCUT2D eigenvalue weighted by Gasteiger charge is -2.13. The molecule has 164 valence electrons. The van der Waals surface area contributed by atoms with Gasteiger partial charge in [0.05, 0.1) is 16.5 Å². The Kier molecular flexibility index (Phi) is 7.62. The Balaban J connectivity index is 1.74. The van der Waals surface area contributed by atoms with Crippen molar-refractivity contribution in [1.82, 2.24) is 0 Å². The number of methoxy groups -OCH3 is 1. The van der Waals surface area contributed by atoms with Crippen LogP contribution in [-0.2, 0) is 11.4 Å². The maximum absolute atomic E-state index is 12.3. The number of ether oxygens (including phenoxy) is 2. The van der Waals surface area contributed by atoms with Crippen molar-refractivity contribution in [3.63, 3.8) is 0 Å². The highest BCUT2D eigenvalue weighted by Gasteiger charge is 2.15. The van der Waals surface area contributed by atoms with Gasteiger partial charge in [0, 0.05) is 12.1 Å². The van der Waals surface area contributed by atoms with Gasteiger partial charge >= 0.3 is 0 Å². The molecule has 0 heterocycles. The van der Waals surface area contributed by atoms with E-state index in [1.54, 1.807) is 31.2 Å². The Morgan fingerprint density at radius 2 is 1.91 bits per heavy atom. The molecule has 1 amide bonds. The summed E-state index contributed by atoms with van der Waals surface area (Å²) in [4.78, 5) is 23.0. The van der Waals surface area contributed by atoms with Crippen LogP contribution in [0.4, 0.5) is 11.4 Å².